The third-order valence-electron chi connectivity index (χ3n) is 4.54. The molecule has 0 aliphatic carbocycles. The predicted molar refractivity (Wildman–Crippen MR) is 126 cm³/mol. The van der Waals surface area contributed by atoms with Crippen LogP contribution in [-0.4, -0.2) is 33.9 Å². The van der Waals surface area contributed by atoms with Crippen LogP contribution < -0.4 is 11.0 Å². The van der Waals surface area contributed by atoms with E-state index in [1.807, 2.05) is 13.8 Å². The summed E-state index contributed by atoms with van der Waals surface area (Å²) in [5, 5.41) is 17.8. The van der Waals surface area contributed by atoms with Crippen LogP contribution in [0, 0.1) is 11.3 Å². The summed E-state index contributed by atoms with van der Waals surface area (Å²) in [5.41, 5.74) is 4.10. The van der Waals surface area contributed by atoms with Crippen molar-refractivity contribution in [2.24, 2.45) is 12.1 Å². The molecule has 1 N–H and O–H groups in total. The number of carbonyl (C=O) groups is 2. The number of hydrazone groups is 1. The quantitative estimate of drug-likeness (QED) is 0.245. The molecule has 2 aromatic rings. The van der Waals surface area contributed by atoms with Gasteiger partial charge >= 0.3 is 5.97 Å². The maximum atomic E-state index is 12.2. The van der Waals surface area contributed by atoms with E-state index in [0.717, 1.165) is 0 Å². The van der Waals surface area contributed by atoms with E-state index in [1.54, 1.807) is 26.1 Å². The zero-order valence-corrected chi connectivity index (χ0v) is 20.1. The molecule has 0 aliphatic rings. The number of anilines is 1. The van der Waals surface area contributed by atoms with Crippen molar-refractivity contribution in [3.63, 3.8) is 0 Å². The summed E-state index contributed by atoms with van der Waals surface area (Å²) in [6.07, 6.45) is -0.302. The van der Waals surface area contributed by atoms with Crippen LogP contribution in [0.25, 0.3) is 0 Å². The summed E-state index contributed by atoms with van der Waals surface area (Å²) >= 11 is 12.8. The van der Waals surface area contributed by atoms with Gasteiger partial charge in [0.25, 0.3) is 5.56 Å². The second-order valence-corrected chi connectivity index (χ2v) is 8.17. The van der Waals surface area contributed by atoms with E-state index in [0.29, 0.717) is 32.6 Å². The number of nitrogens with one attached hydrogen (secondary N) is 1. The van der Waals surface area contributed by atoms with Gasteiger partial charge in [0.15, 0.2) is 0 Å². The fourth-order valence-corrected chi connectivity index (χ4v) is 3.53. The van der Waals surface area contributed by atoms with Crippen molar-refractivity contribution in [3.8, 4) is 6.07 Å². The Morgan fingerprint density at radius 2 is 1.91 bits per heavy atom. The first-order valence-corrected chi connectivity index (χ1v) is 10.8. The van der Waals surface area contributed by atoms with Gasteiger partial charge in [0.2, 0.25) is 11.5 Å². The standard InChI is InChI=1S/C22H23Cl2N5O4/c1-5-33-21(31)10-20(30)19(11-25)27-26-13-8-17(23)16(18(24)9-13)7-14-6-15(12(2)3)22(32)29(4)28-14/h6,8-9,12,26H,5,7,10H2,1-4H3/b27-19+. The van der Waals surface area contributed by atoms with Crippen molar-refractivity contribution in [1.82, 2.24) is 9.78 Å². The number of benzene rings is 1. The number of hydrogen-bond donors (Lipinski definition) is 1. The normalized spacial score (nSPS) is 11.3. The third kappa shape index (κ3) is 6.88. The third-order valence-corrected chi connectivity index (χ3v) is 5.21. The lowest BCUT2D eigenvalue weighted by molar-refractivity contribution is -0.144. The van der Waals surface area contributed by atoms with E-state index in [-0.39, 0.29) is 24.5 Å². The van der Waals surface area contributed by atoms with Gasteiger partial charge in [-0.3, -0.25) is 19.8 Å². The molecule has 33 heavy (non-hydrogen) atoms. The number of esters is 1. The molecule has 0 saturated heterocycles. The van der Waals surface area contributed by atoms with E-state index in [4.69, 9.17) is 33.2 Å². The maximum absolute atomic E-state index is 12.2. The second-order valence-electron chi connectivity index (χ2n) is 7.36. The van der Waals surface area contributed by atoms with Gasteiger partial charge in [-0.25, -0.2) is 4.68 Å². The minimum absolute atomic E-state index is 0.0294. The molecule has 0 radical (unpaired) electrons. The van der Waals surface area contributed by atoms with E-state index < -0.39 is 23.9 Å². The maximum Gasteiger partial charge on any atom is 0.313 e. The monoisotopic (exact) mass is 491 g/mol. The average molecular weight is 492 g/mol. The molecule has 0 amide bonds. The first-order chi connectivity index (χ1) is 15.6. The Labute approximate surface area is 200 Å². The summed E-state index contributed by atoms with van der Waals surface area (Å²) in [5.74, 6) is -1.49. The van der Waals surface area contributed by atoms with Crippen molar-refractivity contribution < 1.29 is 14.3 Å². The van der Waals surface area contributed by atoms with Crippen LogP contribution in [0.5, 0.6) is 0 Å². The van der Waals surface area contributed by atoms with Gasteiger partial charge in [0, 0.05) is 29.1 Å². The van der Waals surface area contributed by atoms with Crippen LogP contribution in [0.1, 0.15) is 49.9 Å². The summed E-state index contributed by atoms with van der Waals surface area (Å²) in [7, 11) is 1.59. The molecular weight excluding hydrogens is 469 g/mol. The first kappa shape index (κ1) is 26.0. The summed E-state index contributed by atoms with van der Waals surface area (Å²) < 4.78 is 5.98. The number of nitrogens with zero attached hydrogens (tertiary/aromatic N) is 4. The summed E-state index contributed by atoms with van der Waals surface area (Å²) in [6, 6.07) is 6.45. The van der Waals surface area contributed by atoms with Crippen molar-refractivity contribution in [1.29, 1.82) is 5.26 Å². The van der Waals surface area contributed by atoms with E-state index in [2.05, 4.69) is 15.6 Å². The second kappa shape index (κ2) is 11.6. The minimum atomic E-state index is -0.779. The summed E-state index contributed by atoms with van der Waals surface area (Å²) in [4.78, 5) is 35.7. The largest absolute Gasteiger partial charge is 0.466 e. The topological polar surface area (TPSA) is 126 Å². The van der Waals surface area contributed by atoms with E-state index in [9.17, 15) is 14.4 Å². The summed E-state index contributed by atoms with van der Waals surface area (Å²) in [6.45, 7) is 5.59. The number of Topliss-reactive ketones (excluding diaryl/α,β-unsaturated/α-hetero) is 1. The molecular formula is C22H23Cl2N5O4. The van der Waals surface area contributed by atoms with Crippen molar-refractivity contribution in [3.05, 3.63) is 55.4 Å². The predicted octanol–water partition coefficient (Wildman–Crippen LogP) is 3.62. The molecule has 1 aromatic carbocycles. The number of ketones is 1. The minimum Gasteiger partial charge on any atom is -0.466 e. The number of carbonyl (C=O) groups excluding carboxylic acids is 2. The average Bonchev–Trinajstić information content (AvgIpc) is 2.73. The molecule has 0 spiro atoms. The van der Waals surface area contributed by atoms with Crippen LogP contribution >= 0.6 is 23.2 Å². The van der Waals surface area contributed by atoms with Crippen LogP contribution in [0.3, 0.4) is 0 Å². The SMILES string of the molecule is CCOC(=O)CC(=O)/C(C#N)=N/Nc1cc(Cl)c(Cc2cc(C(C)C)c(=O)n(C)n2)c(Cl)c1. The van der Waals surface area contributed by atoms with Gasteiger partial charge in [-0.2, -0.15) is 15.5 Å². The van der Waals surface area contributed by atoms with Crippen molar-refractivity contribution in [2.75, 3.05) is 12.0 Å². The molecule has 11 heteroatoms. The van der Waals surface area contributed by atoms with Gasteiger partial charge in [0.1, 0.15) is 12.5 Å². The Morgan fingerprint density at radius 1 is 1.27 bits per heavy atom. The number of aryl methyl sites for hydroxylation is 1. The Bertz CT molecular complexity index is 1180. The van der Waals surface area contributed by atoms with Gasteiger partial charge in [-0.15, -0.1) is 0 Å². The number of ether oxygens (including phenoxy) is 1. The zero-order chi connectivity index (χ0) is 24.7. The Balaban J connectivity index is 2.25. The van der Waals surface area contributed by atoms with Crippen LogP contribution in [0.2, 0.25) is 10.0 Å². The molecule has 0 bridgehead atoms. The highest BCUT2D eigenvalue weighted by Crippen LogP contribution is 2.31. The fourth-order valence-electron chi connectivity index (χ4n) is 2.91. The molecule has 174 valence electrons. The molecule has 9 nitrogen and oxygen atoms in total. The van der Waals surface area contributed by atoms with Gasteiger partial charge in [-0.1, -0.05) is 37.0 Å². The van der Waals surface area contributed by atoms with Gasteiger partial charge < -0.3 is 4.74 Å². The van der Waals surface area contributed by atoms with Crippen molar-refractivity contribution >= 4 is 46.4 Å². The molecule has 2 rings (SSSR count). The Kier molecular flexibility index (Phi) is 9.14. The molecule has 0 fully saturated rings. The van der Waals surface area contributed by atoms with Gasteiger partial charge in [-0.05, 0) is 36.6 Å². The highest BCUT2D eigenvalue weighted by molar-refractivity contribution is 6.48. The Morgan fingerprint density at radius 3 is 2.45 bits per heavy atom. The zero-order valence-electron chi connectivity index (χ0n) is 18.6. The van der Waals surface area contributed by atoms with E-state index in [1.165, 1.54) is 16.8 Å². The lowest BCUT2D eigenvalue weighted by Gasteiger charge is -2.12. The highest BCUT2D eigenvalue weighted by Gasteiger charge is 2.18. The van der Waals surface area contributed by atoms with Crippen LogP contribution in [0.15, 0.2) is 28.1 Å². The lowest BCUT2D eigenvalue weighted by Crippen LogP contribution is -2.25. The molecule has 0 unspecified atom stereocenters. The van der Waals surface area contributed by atoms with Crippen LogP contribution in [-0.2, 0) is 27.8 Å². The molecule has 0 saturated carbocycles. The number of nitriles is 1. The number of halogens is 2. The number of hydrogen-bond acceptors (Lipinski definition) is 8. The first-order valence-electron chi connectivity index (χ1n) is 10.0. The number of rotatable bonds is 9. The lowest BCUT2D eigenvalue weighted by atomic mass is 10.0. The van der Waals surface area contributed by atoms with E-state index >= 15 is 0 Å². The highest BCUT2D eigenvalue weighted by atomic mass is 35.5. The van der Waals surface area contributed by atoms with Gasteiger partial charge in [0.05, 0.1) is 18.0 Å². The molecule has 0 aliphatic heterocycles. The smallest absolute Gasteiger partial charge is 0.313 e. The molecule has 1 heterocycles. The Hall–Kier alpha value is -3.22. The fraction of sp³-hybridized carbons (Fsp3) is 0.364. The van der Waals surface area contributed by atoms with Crippen LogP contribution in [0.4, 0.5) is 5.69 Å². The van der Waals surface area contributed by atoms with Crippen molar-refractivity contribution in [2.45, 2.75) is 39.5 Å². The number of aromatic nitrogens is 2. The molecule has 0 atom stereocenters. The molecule has 1 aromatic heterocycles.